The number of fused-ring (bicyclic) bond motifs is 1. The zero-order valence-corrected chi connectivity index (χ0v) is 13.3. The Kier molecular flexibility index (Phi) is 4.23. The van der Waals surface area contributed by atoms with Gasteiger partial charge >= 0.3 is 5.97 Å². The Bertz CT molecular complexity index is 849. The summed E-state index contributed by atoms with van der Waals surface area (Å²) in [6.07, 6.45) is 2.59. The summed E-state index contributed by atoms with van der Waals surface area (Å²) in [6, 6.07) is 11.1. The van der Waals surface area contributed by atoms with Crippen LogP contribution in [-0.4, -0.2) is 22.8 Å². The van der Waals surface area contributed by atoms with Gasteiger partial charge in [0, 0.05) is 5.56 Å². The summed E-state index contributed by atoms with van der Waals surface area (Å²) in [7, 11) is 0. The van der Waals surface area contributed by atoms with Crippen LogP contribution in [0.25, 0.3) is 5.57 Å². The molecule has 2 aromatic carbocycles. The molecular weight excluding hydrogens is 304 g/mol. The first-order valence-corrected chi connectivity index (χ1v) is 7.64. The van der Waals surface area contributed by atoms with E-state index in [2.05, 4.69) is 6.58 Å². The molecule has 0 heterocycles. The van der Waals surface area contributed by atoms with Crippen molar-refractivity contribution in [3.63, 3.8) is 0 Å². The third-order valence-electron chi connectivity index (χ3n) is 4.11. The number of aryl methyl sites for hydroxylation is 1. The van der Waals surface area contributed by atoms with Gasteiger partial charge in [-0.05, 0) is 35.3 Å². The Morgan fingerprint density at radius 1 is 1.25 bits per heavy atom. The van der Waals surface area contributed by atoms with Crippen LogP contribution in [0.3, 0.4) is 0 Å². The summed E-state index contributed by atoms with van der Waals surface area (Å²) >= 11 is 0. The standard InChI is InChI=1S/C20H18O4/c1-3-10-24-19-15(9-8-12(2)18(19)20(22)23)16-11-17(21)14-7-5-4-6-13(14)16/h3-9,11,17,21H,1,10H2,2H3,(H,22,23). The summed E-state index contributed by atoms with van der Waals surface area (Å²) in [5.41, 5.74) is 3.88. The van der Waals surface area contributed by atoms with E-state index in [-0.39, 0.29) is 12.2 Å². The molecule has 0 aromatic heterocycles. The highest BCUT2D eigenvalue weighted by atomic mass is 16.5. The number of rotatable bonds is 5. The van der Waals surface area contributed by atoms with E-state index in [1.54, 1.807) is 25.1 Å². The van der Waals surface area contributed by atoms with Crippen molar-refractivity contribution in [3.8, 4) is 5.75 Å². The summed E-state index contributed by atoms with van der Waals surface area (Å²) in [5, 5.41) is 19.8. The molecule has 122 valence electrons. The van der Waals surface area contributed by atoms with Gasteiger partial charge in [0.2, 0.25) is 0 Å². The van der Waals surface area contributed by atoms with Crippen molar-refractivity contribution in [3.05, 3.63) is 82.9 Å². The predicted octanol–water partition coefficient (Wildman–Crippen LogP) is 3.74. The van der Waals surface area contributed by atoms with Crippen LogP contribution in [0.4, 0.5) is 0 Å². The fourth-order valence-corrected chi connectivity index (χ4v) is 3.02. The Hall–Kier alpha value is -2.85. The molecule has 0 saturated carbocycles. The maximum atomic E-state index is 11.7. The van der Waals surface area contributed by atoms with Gasteiger partial charge in [0.15, 0.2) is 0 Å². The second kappa shape index (κ2) is 6.34. The minimum atomic E-state index is -1.04. The molecule has 0 aliphatic heterocycles. The van der Waals surface area contributed by atoms with E-state index in [0.29, 0.717) is 16.9 Å². The van der Waals surface area contributed by atoms with Gasteiger partial charge in [-0.15, -0.1) is 0 Å². The maximum Gasteiger partial charge on any atom is 0.339 e. The first-order chi connectivity index (χ1) is 11.5. The van der Waals surface area contributed by atoms with Gasteiger partial charge < -0.3 is 14.9 Å². The number of aliphatic hydroxyl groups is 1. The number of carboxylic acid groups (broad SMARTS) is 1. The molecule has 2 aromatic rings. The number of carbonyl (C=O) groups is 1. The fourth-order valence-electron chi connectivity index (χ4n) is 3.02. The van der Waals surface area contributed by atoms with E-state index in [1.807, 2.05) is 30.3 Å². The minimum absolute atomic E-state index is 0.133. The summed E-state index contributed by atoms with van der Waals surface area (Å²) in [4.78, 5) is 11.7. The van der Waals surface area contributed by atoms with Crippen molar-refractivity contribution >= 4 is 11.5 Å². The van der Waals surface area contributed by atoms with Crippen LogP contribution in [0.5, 0.6) is 5.75 Å². The Morgan fingerprint density at radius 3 is 2.71 bits per heavy atom. The Labute approximate surface area is 140 Å². The van der Waals surface area contributed by atoms with Crippen molar-refractivity contribution in [2.45, 2.75) is 13.0 Å². The molecule has 1 aliphatic carbocycles. The van der Waals surface area contributed by atoms with Crippen LogP contribution in [0.15, 0.2) is 55.1 Å². The fraction of sp³-hybridized carbons (Fsp3) is 0.150. The second-order valence-corrected chi connectivity index (χ2v) is 5.65. The highest BCUT2D eigenvalue weighted by molar-refractivity contribution is 5.97. The van der Waals surface area contributed by atoms with Crippen LogP contribution in [-0.2, 0) is 0 Å². The van der Waals surface area contributed by atoms with E-state index in [1.165, 1.54) is 0 Å². The second-order valence-electron chi connectivity index (χ2n) is 5.65. The number of aliphatic hydroxyl groups excluding tert-OH is 1. The molecule has 4 nitrogen and oxygen atoms in total. The average molecular weight is 322 g/mol. The van der Waals surface area contributed by atoms with E-state index in [0.717, 1.165) is 16.7 Å². The Morgan fingerprint density at radius 2 is 2.00 bits per heavy atom. The third-order valence-corrected chi connectivity index (χ3v) is 4.11. The van der Waals surface area contributed by atoms with Crippen LogP contribution < -0.4 is 4.74 Å². The SMILES string of the molecule is C=CCOc1c(C2=CC(O)c3ccccc32)ccc(C)c1C(=O)O. The largest absolute Gasteiger partial charge is 0.488 e. The number of hydrogen-bond donors (Lipinski definition) is 2. The average Bonchev–Trinajstić information content (AvgIpc) is 2.90. The van der Waals surface area contributed by atoms with E-state index >= 15 is 0 Å². The number of aromatic carboxylic acids is 1. The van der Waals surface area contributed by atoms with Gasteiger partial charge in [-0.2, -0.15) is 0 Å². The number of carboxylic acids is 1. The third kappa shape index (κ3) is 2.61. The molecule has 0 spiro atoms. The van der Waals surface area contributed by atoms with Crippen LogP contribution in [0.1, 0.15) is 38.7 Å². The van der Waals surface area contributed by atoms with E-state index < -0.39 is 12.1 Å². The topological polar surface area (TPSA) is 66.8 Å². The lowest BCUT2D eigenvalue weighted by Crippen LogP contribution is -2.08. The molecule has 3 rings (SSSR count). The molecular formula is C20H18O4. The number of ether oxygens (including phenoxy) is 1. The van der Waals surface area contributed by atoms with Crippen molar-refractivity contribution in [2.75, 3.05) is 6.61 Å². The minimum Gasteiger partial charge on any atom is -0.488 e. The van der Waals surface area contributed by atoms with Crippen molar-refractivity contribution in [1.82, 2.24) is 0 Å². The lowest BCUT2D eigenvalue weighted by molar-refractivity contribution is 0.0692. The van der Waals surface area contributed by atoms with Crippen LogP contribution >= 0.6 is 0 Å². The molecule has 24 heavy (non-hydrogen) atoms. The first-order valence-electron chi connectivity index (χ1n) is 7.64. The van der Waals surface area contributed by atoms with E-state index in [9.17, 15) is 15.0 Å². The molecule has 1 unspecified atom stereocenters. The molecule has 1 atom stereocenters. The molecule has 0 amide bonds. The smallest absolute Gasteiger partial charge is 0.339 e. The van der Waals surface area contributed by atoms with Gasteiger partial charge in [-0.1, -0.05) is 49.1 Å². The zero-order chi connectivity index (χ0) is 17.3. The lowest BCUT2D eigenvalue weighted by Gasteiger charge is -2.16. The normalized spacial score (nSPS) is 15.6. The van der Waals surface area contributed by atoms with E-state index in [4.69, 9.17) is 4.74 Å². The van der Waals surface area contributed by atoms with Gasteiger partial charge in [-0.3, -0.25) is 0 Å². The molecule has 4 heteroatoms. The monoisotopic (exact) mass is 322 g/mol. The van der Waals surface area contributed by atoms with Crippen LogP contribution in [0.2, 0.25) is 0 Å². The summed E-state index contributed by atoms with van der Waals surface area (Å²) in [5.74, 6) is -0.738. The van der Waals surface area contributed by atoms with Gasteiger partial charge in [0.05, 0.1) is 6.10 Å². The summed E-state index contributed by atoms with van der Waals surface area (Å²) in [6.45, 7) is 5.56. The van der Waals surface area contributed by atoms with Gasteiger partial charge in [0.1, 0.15) is 17.9 Å². The number of hydrogen-bond acceptors (Lipinski definition) is 3. The lowest BCUT2D eigenvalue weighted by atomic mass is 9.94. The molecule has 0 saturated heterocycles. The highest BCUT2D eigenvalue weighted by Crippen LogP contribution is 2.42. The number of benzene rings is 2. The molecule has 0 fully saturated rings. The molecule has 0 radical (unpaired) electrons. The van der Waals surface area contributed by atoms with Crippen LogP contribution in [0, 0.1) is 6.92 Å². The predicted molar refractivity (Wildman–Crippen MR) is 92.3 cm³/mol. The summed E-state index contributed by atoms with van der Waals surface area (Å²) < 4.78 is 5.70. The molecule has 0 bridgehead atoms. The zero-order valence-electron chi connectivity index (χ0n) is 13.3. The first kappa shape index (κ1) is 16.0. The van der Waals surface area contributed by atoms with Gasteiger partial charge in [-0.25, -0.2) is 4.79 Å². The van der Waals surface area contributed by atoms with Gasteiger partial charge in [0.25, 0.3) is 0 Å². The molecule has 1 aliphatic rings. The molecule has 2 N–H and O–H groups in total. The maximum absolute atomic E-state index is 11.7. The van der Waals surface area contributed by atoms with Crippen molar-refractivity contribution in [1.29, 1.82) is 0 Å². The highest BCUT2D eigenvalue weighted by Gasteiger charge is 2.27. The van der Waals surface area contributed by atoms with Crippen molar-refractivity contribution < 1.29 is 19.7 Å². The van der Waals surface area contributed by atoms with Crippen molar-refractivity contribution in [2.24, 2.45) is 0 Å². The Balaban J connectivity index is 2.22. The quantitative estimate of drug-likeness (QED) is 0.823.